The van der Waals surface area contributed by atoms with Crippen LogP contribution in [0.15, 0.2) is 34.5 Å². The zero-order valence-corrected chi connectivity index (χ0v) is 15.0. The Balaban J connectivity index is 1.60. The number of hydrogen-bond donors (Lipinski definition) is 3. The highest BCUT2D eigenvalue weighted by molar-refractivity contribution is 7.94. The Morgan fingerprint density at radius 1 is 1.12 bits per heavy atom. The van der Waals surface area contributed by atoms with E-state index in [0.717, 1.165) is 48.4 Å². The number of hydrogen-bond acceptors (Lipinski definition) is 5. The van der Waals surface area contributed by atoms with Gasteiger partial charge in [-0.2, -0.15) is 0 Å². The van der Waals surface area contributed by atoms with Crippen LogP contribution in [0.25, 0.3) is 0 Å². The van der Waals surface area contributed by atoms with E-state index in [0.29, 0.717) is 4.21 Å². The van der Waals surface area contributed by atoms with Crippen molar-refractivity contribution >= 4 is 27.0 Å². The zero-order chi connectivity index (χ0) is 16.6. The SMILES string of the molecule is O=S(=O)(Nc1cccc2c1CCCC2)c1ccc(C2CCNN2)s1. The summed E-state index contributed by atoms with van der Waals surface area (Å²) in [6.07, 6.45) is 5.25. The van der Waals surface area contributed by atoms with Gasteiger partial charge in [0.05, 0.1) is 11.7 Å². The second-order valence-corrected chi connectivity index (χ2v) is 9.35. The van der Waals surface area contributed by atoms with E-state index < -0.39 is 10.0 Å². The molecular formula is C17H21N3O2S2. The van der Waals surface area contributed by atoms with Crippen LogP contribution in [-0.2, 0) is 22.9 Å². The molecule has 1 aliphatic carbocycles. The maximum absolute atomic E-state index is 12.8. The lowest BCUT2D eigenvalue weighted by atomic mass is 9.91. The Morgan fingerprint density at radius 2 is 2.00 bits per heavy atom. The summed E-state index contributed by atoms with van der Waals surface area (Å²) in [5, 5.41) is 0. The number of anilines is 1. The molecule has 2 heterocycles. The summed E-state index contributed by atoms with van der Waals surface area (Å²) < 4.78 is 28.7. The number of thiophene rings is 1. The van der Waals surface area contributed by atoms with Crippen LogP contribution >= 0.6 is 11.3 Å². The van der Waals surface area contributed by atoms with Gasteiger partial charge in [0, 0.05) is 11.4 Å². The molecule has 128 valence electrons. The van der Waals surface area contributed by atoms with Gasteiger partial charge in [-0.25, -0.2) is 13.8 Å². The lowest BCUT2D eigenvalue weighted by Gasteiger charge is -2.19. The molecular weight excluding hydrogens is 342 g/mol. The quantitative estimate of drug-likeness (QED) is 0.781. The number of nitrogens with one attached hydrogen (secondary N) is 3. The molecule has 1 aliphatic heterocycles. The molecule has 1 aromatic heterocycles. The summed E-state index contributed by atoms with van der Waals surface area (Å²) >= 11 is 1.34. The highest BCUT2D eigenvalue weighted by Gasteiger charge is 2.24. The minimum atomic E-state index is -3.54. The molecule has 0 spiro atoms. The molecule has 4 rings (SSSR count). The third-order valence-corrected chi connectivity index (χ3v) is 7.74. The number of rotatable bonds is 4. The van der Waals surface area contributed by atoms with Crippen LogP contribution in [0.5, 0.6) is 0 Å². The van der Waals surface area contributed by atoms with Crippen molar-refractivity contribution in [2.24, 2.45) is 0 Å². The fraction of sp³-hybridized carbons (Fsp3) is 0.412. The number of aryl methyl sites for hydroxylation is 1. The van der Waals surface area contributed by atoms with Gasteiger partial charge in [-0.05, 0) is 61.4 Å². The Hall–Kier alpha value is -1.41. The van der Waals surface area contributed by atoms with Crippen molar-refractivity contribution in [3.63, 3.8) is 0 Å². The largest absolute Gasteiger partial charge is 0.279 e. The van der Waals surface area contributed by atoms with Crippen LogP contribution in [0.3, 0.4) is 0 Å². The average molecular weight is 364 g/mol. The van der Waals surface area contributed by atoms with Crippen LogP contribution in [0, 0.1) is 0 Å². The van der Waals surface area contributed by atoms with Crippen LogP contribution in [-0.4, -0.2) is 15.0 Å². The normalized spacial score (nSPS) is 20.8. The van der Waals surface area contributed by atoms with E-state index in [9.17, 15) is 8.42 Å². The highest BCUT2D eigenvalue weighted by atomic mass is 32.2. The van der Waals surface area contributed by atoms with E-state index in [1.54, 1.807) is 6.07 Å². The van der Waals surface area contributed by atoms with Crippen molar-refractivity contribution in [3.05, 3.63) is 46.3 Å². The first-order valence-corrected chi connectivity index (χ1v) is 10.7. The smallest absolute Gasteiger partial charge is 0.271 e. The van der Waals surface area contributed by atoms with Crippen molar-refractivity contribution < 1.29 is 8.42 Å². The maximum Gasteiger partial charge on any atom is 0.271 e. The van der Waals surface area contributed by atoms with E-state index >= 15 is 0 Å². The Labute approximate surface area is 146 Å². The second kappa shape index (κ2) is 6.48. The Morgan fingerprint density at radius 3 is 2.83 bits per heavy atom. The fourth-order valence-electron chi connectivity index (χ4n) is 3.44. The number of sulfonamides is 1. The molecule has 1 saturated heterocycles. The number of hydrazine groups is 1. The van der Waals surface area contributed by atoms with Gasteiger partial charge in [0.25, 0.3) is 10.0 Å². The molecule has 24 heavy (non-hydrogen) atoms. The first-order valence-electron chi connectivity index (χ1n) is 8.35. The molecule has 1 unspecified atom stereocenters. The van der Waals surface area contributed by atoms with Crippen molar-refractivity contribution in [2.45, 2.75) is 42.4 Å². The van der Waals surface area contributed by atoms with Crippen molar-refractivity contribution in [3.8, 4) is 0 Å². The molecule has 0 radical (unpaired) electrons. The molecule has 5 nitrogen and oxygen atoms in total. The first kappa shape index (κ1) is 16.1. The van der Waals surface area contributed by atoms with Gasteiger partial charge in [-0.15, -0.1) is 11.3 Å². The van der Waals surface area contributed by atoms with Crippen molar-refractivity contribution in [2.75, 3.05) is 11.3 Å². The molecule has 2 aromatic rings. The van der Waals surface area contributed by atoms with Gasteiger partial charge in [0.15, 0.2) is 0 Å². The predicted octanol–water partition coefficient (Wildman–Crippen LogP) is 2.97. The Kier molecular flexibility index (Phi) is 4.34. The van der Waals surface area contributed by atoms with Crippen LogP contribution in [0.4, 0.5) is 5.69 Å². The number of benzene rings is 1. The topological polar surface area (TPSA) is 70.2 Å². The summed E-state index contributed by atoms with van der Waals surface area (Å²) in [6, 6.07) is 9.73. The maximum atomic E-state index is 12.8. The highest BCUT2D eigenvalue weighted by Crippen LogP contribution is 2.33. The molecule has 0 bridgehead atoms. The minimum Gasteiger partial charge on any atom is -0.279 e. The Bertz CT molecular complexity index is 839. The van der Waals surface area contributed by atoms with Crippen molar-refractivity contribution in [1.29, 1.82) is 0 Å². The summed E-state index contributed by atoms with van der Waals surface area (Å²) in [7, 11) is -3.54. The molecule has 0 amide bonds. The van der Waals surface area contributed by atoms with Gasteiger partial charge in [0.1, 0.15) is 4.21 Å². The minimum absolute atomic E-state index is 0.198. The molecule has 1 atom stereocenters. The molecule has 3 N–H and O–H groups in total. The molecule has 2 aliphatic rings. The van der Waals surface area contributed by atoms with Gasteiger partial charge in [-0.3, -0.25) is 10.1 Å². The van der Waals surface area contributed by atoms with E-state index in [4.69, 9.17) is 0 Å². The van der Waals surface area contributed by atoms with Crippen LogP contribution < -0.4 is 15.6 Å². The molecule has 0 saturated carbocycles. The zero-order valence-electron chi connectivity index (χ0n) is 13.3. The van der Waals surface area contributed by atoms with E-state index in [-0.39, 0.29) is 6.04 Å². The van der Waals surface area contributed by atoms with Gasteiger partial charge in [-0.1, -0.05) is 12.1 Å². The average Bonchev–Trinajstić information content (AvgIpc) is 3.26. The standard InChI is InChI=1S/C17H21N3O2S2/c21-24(22,17-9-8-16(23-17)15-10-11-18-19-15)20-14-7-3-5-12-4-1-2-6-13(12)14/h3,5,7-9,15,18-20H,1-2,4,6,10-11H2. The van der Waals surface area contributed by atoms with Crippen molar-refractivity contribution in [1.82, 2.24) is 10.9 Å². The van der Waals surface area contributed by atoms with Gasteiger partial charge >= 0.3 is 0 Å². The lowest BCUT2D eigenvalue weighted by Crippen LogP contribution is -2.24. The molecule has 1 aromatic carbocycles. The fourth-order valence-corrected chi connectivity index (χ4v) is 5.94. The van der Waals surface area contributed by atoms with Gasteiger partial charge in [0.2, 0.25) is 0 Å². The monoisotopic (exact) mass is 363 g/mol. The van der Waals surface area contributed by atoms with E-state index in [2.05, 4.69) is 21.6 Å². The molecule has 7 heteroatoms. The number of fused-ring (bicyclic) bond motifs is 1. The molecule has 1 fully saturated rings. The summed E-state index contributed by atoms with van der Waals surface area (Å²) in [4.78, 5) is 1.05. The first-order chi connectivity index (χ1) is 11.6. The summed E-state index contributed by atoms with van der Waals surface area (Å²) in [5.41, 5.74) is 9.43. The van der Waals surface area contributed by atoms with Gasteiger partial charge < -0.3 is 0 Å². The lowest BCUT2D eigenvalue weighted by molar-refractivity contribution is 0.588. The third-order valence-electron chi connectivity index (χ3n) is 4.68. The third kappa shape index (κ3) is 3.09. The summed E-state index contributed by atoms with van der Waals surface area (Å²) in [6.45, 7) is 0.902. The summed E-state index contributed by atoms with van der Waals surface area (Å²) in [5.74, 6) is 0. The predicted molar refractivity (Wildman–Crippen MR) is 96.7 cm³/mol. The van der Waals surface area contributed by atoms with E-state index in [1.165, 1.54) is 23.3 Å². The van der Waals surface area contributed by atoms with Crippen LogP contribution in [0.1, 0.15) is 41.3 Å². The second-order valence-electron chi connectivity index (χ2n) is 6.33. The van der Waals surface area contributed by atoms with E-state index in [1.807, 2.05) is 18.2 Å². The van der Waals surface area contributed by atoms with Crippen LogP contribution in [0.2, 0.25) is 0 Å².